The van der Waals surface area contributed by atoms with Gasteiger partial charge in [-0.05, 0) is 47.0 Å². The monoisotopic (exact) mass is 276 g/mol. The van der Waals surface area contributed by atoms with E-state index in [0.717, 1.165) is 15.8 Å². The van der Waals surface area contributed by atoms with Gasteiger partial charge in [-0.1, -0.05) is 18.2 Å². The van der Waals surface area contributed by atoms with Crippen LogP contribution in [-0.4, -0.2) is 4.98 Å². The van der Waals surface area contributed by atoms with Crippen LogP contribution in [-0.2, 0) is 0 Å². The summed E-state index contributed by atoms with van der Waals surface area (Å²) in [4.78, 5) is 4.04. The second-order valence-corrected chi connectivity index (χ2v) is 4.60. The van der Waals surface area contributed by atoms with E-state index >= 15 is 0 Å². The van der Waals surface area contributed by atoms with Crippen molar-refractivity contribution in [2.24, 2.45) is 0 Å². The molecule has 0 fully saturated rings. The Labute approximate surface area is 104 Å². The average Bonchev–Trinajstić information content (AvgIpc) is 2.26. The minimum Gasteiger partial charge on any atom is -0.354 e. The lowest BCUT2D eigenvalue weighted by atomic mass is 10.1. The van der Waals surface area contributed by atoms with Crippen LogP contribution in [0.3, 0.4) is 0 Å². The predicted octanol–water partition coefficient (Wildman–Crippen LogP) is 4.20. The fraction of sp³-hybridized carbons (Fsp3) is 0.154. The number of hydrogen-bond donors (Lipinski definition) is 1. The number of aromatic nitrogens is 1. The first-order chi connectivity index (χ1) is 7.68. The van der Waals surface area contributed by atoms with Gasteiger partial charge in [0.15, 0.2) is 0 Å². The third-order valence-electron chi connectivity index (χ3n) is 2.51. The minimum atomic E-state index is 0.970. The Kier molecular flexibility index (Phi) is 3.25. The molecule has 2 nitrogen and oxygen atoms in total. The summed E-state index contributed by atoms with van der Waals surface area (Å²) in [6.07, 6.45) is 3.57. The minimum absolute atomic E-state index is 0.970. The highest BCUT2D eigenvalue weighted by Gasteiger charge is 2.04. The molecule has 2 rings (SSSR count). The van der Waals surface area contributed by atoms with Gasteiger partial charge in [0.2, 0.25) is 0 Å². The largest absolute Gasteiger partial charge is 0.354 e. The molecule has 16 heavy (non-hydrogen) atoms. The summed E-state index contributed by atoms with van der Waals surface area (Å²) in [7, 11) is 0. The Morgan fingerprint density at radius 3 is 2.44 bits per heavy atom. The van der Waals surface area contributed by atoms with E-state index in [9.17, 15) is 0 Å². The van der Waals surface area contributed by atoms with Gasteiger partial charge in [0.1, 0.15) is 0 Å². The number of pyridine rings is 1. The molecule has 0 aliphatic carbocycles. The zero-order chi connectivity index (χ0) is 11.5. The van der Waals surface area contributed by atoms with E-state index in [1.165, 1.54) is 11.1 Å². The van der Waals surface area contributed by atoms with Crippen molar-refractivity contribution in [3.8, 4) is 0 Å². The SMILES string of the molecule is Cc1cccc(C)c1Nc1ccncc1Br. The van der Waals surface area contributed by atoms with Crippen LogP contribution >= 0.6 is 15.9 Å². The van der Waals surface area contributed by atoms with E-state index in [0.29, 0.717) is 0 Å². The topological polar surface area (TPSA) is 24.9 Å². The van der Waals surface area contributed by atoms with Crippen molar-refractivity contribution in [2.75, 3.05) is 5.32 Å². The van der Waals surface area contributed by atoms with Gasteiger partial charge in [-0.25, -0.2) is 0 Å². The Morgan fingerprint density at radius 2 is 1.81 bits per heavy atom. The third-order valence-corrected chi connectivity index (χ3v) is 3.15. The zero-order valence-electron chi connectivity index (χ0n) is 9.29. The number of nitrogens with zero attached hydrogens (tertiary/aromatic N) is 1. The molecule has 0 saturated heterocycles. The van der Waals surface area contributed by atoms with Crippen molar-refractivity contribution in [1.29, 1.82) is 0 Å². The summed E-state index contributed by atoms with van der Waals surface area (Å²) < 4.78 is 0.970. The Hall–Kier alpha value is -1.35. The summed E-state index contributed by atoms with van der Waals surface area (Å²) in [6, 6.07) is 8.22. The Balaban J connectivity index is 2.38. The number of benzene rings is 1. The number of nitrogens with one attached hydrogen (secondary N) is 1. The van der Waals surface area contributed by atoms with Gasteiger partial charge in [0.25, 0.3) is 0 Å². The van der Waals surface area contributed by atoms with Gasteiger partial charge in [-0.15, -0.1) is 0 Å². The standard InChI is InChI=1S/C13H13BrN2/c1-9-4-3-5-10(2)13(9)16-12-6-7-15-8-11(12)14/h3-8H,1-2H3,(H,15,16). The van der Waals surface area contributed by atoms with Crippen molar-refractivity contribution in [3.63, 3.8) is 0 Å². The molecule has 0 amide bonds. The lowest BCUT2D eigenvalue weighted by Crippen LogP contribution is -1.96. The van der Waals surface area contributed by atoms with Crippen molar-refractivity contribution in [2.45, 2.75) is 13.8 Å². The molecular weight excluding hydrogens is 264 g/mol. The van der Waals surface area contributed by atoms with Crippen LogP contribution in [0.5, 0.6) is 0 Å². The molecule has 0 radical (unpaired) electrons. The van der Waals surface area contributed by atoms with Crippen LogP contribution in [0, 0.1) is 13.8 Å². The molecule has 82 valence electrons. The summed E-state index contributed by atoms with van der Waals surface area (Å²) in [5.74, 6) is 0. The Bertz CT molecular complexity index is 489. The molecule has 0 unspecified atom stereocenters. The highest BCUT2D eigenvalue weighted by molar-refractivity contribution is 9.10. The molecule has 0 aliphatic rings. The molecule has 1 aromatic carbocycles. The maximum absolute atomic E-state index is 4.04. The number of para-hydroxylation sites is 1. The predicted molar refractivity (Wildman–Crippen MR) is 71.1 cm³/mol. The van der Waals surface area contributed by atoms with Crippen LogP contribution in [0.4, 0.5) is 11.4 Å². The summed E-state index contributed by atoms with van der Waals surface area (Å²) in [5.41, 5.74) is 4.68. The van der Waals surface area contributed by atoms with Crippen LogP contribution in [0.25, 0.3) is 0 Å². The molecule has 0 spiro atoms. The van der Waals surface area contributed by atoms with E-state index in [2.05, 4.69) is 58.3 Å². The second-order valence-electron chi connectivity index (χ2n) is 3.75. The molecule has 0 atom stereocenters. The number of hydrogen-bond acceptors (Lipinski definition) is 2. The molecule has 0 saturated carbocycles. The lowest BCUT2D eigenvalue weighted by molar-refractivity contribution is 1.29. The van der Waals surface area contributed by atoms with Crippen molar-refractivity contribution < 1.29 is 0 Å². The van der Waals surface area contributed by atoms with Gasteiger partial charge in [-0.2, -0.15) is 0 Å². The first-order valence-electron chi connectivity index (χ1n) is 5.11. The van der Waals surface area contributed by atoms with Gasteiger partial charge in [0, 0.05) is 18.1 Å². The van der Waals surface area contributed by atoms with E-state index in [-0.39, 0.29) is 0 Å². The van der Waals surface area contributed by atoms with Gasteiger partial charge in [-0.3, -0.25) is 4.98 Å². The average molecular weight is 277 g/mol. The quantitative estimate of drug-likeness (QED) is 0.889. The first-order valence-corrected chi connectivity index (χ1v) is 5.90. The van der Waals surface area contributed by atoms with Crippen molar-refractivity contribution in [3.05, 3.63) is 52.3 Å². The van der Waals surface area contributed by atoms with Crippen LogP contribution < -0.4 is 5.32 Å². The van der Waals surface area contributed by atoms with E-state index in [1.54, 1.807) is 12.4 Å². The smallest absolute Gasteiger partial charge is 0.0593 e. The van der Waals surface area contributed by atoms with E-state index < -0.39 is 0 Å². The van der Waals surface area contributed by atoms with Crippen LogP contribution in [0.15, 0.2) is 41.1 Å². The maximum Gasteiger partial charge on any atom is 0.0593 e. The highest BCUT2D eigenvalue weighted by Crippen LogP contribution is 2.28. The third kappa shape index (κ3) is 2.25. The molecule has 1 aromatic heterocycles. The number of halogens is 1. The molecule has 0 bridgehead atoms. The maximum atomic E-state index is 4.04. The summed E-state index contributed by atoms with van der Waals surface area (Å²) in [5, 5.41) is 3.42. The summed E-state index contributed by atoms with van der Waals surface area (Å²) in [6.45, 7) is 4.20. The lowest BCUT2D eigenvalue weighted by Gasteiger charge is -2.13. The van der Waals surface area contributed by atoms with Gasteiger partial charge < -0.3 is 5.32 Å². The van der Waals surface area contributed by atoms with E-state index in [4.69, 9.17) is 0 Å². The Morgan fingerprint density at radius 1 is 1.12 bits per heavy atom. The molecule has 1 N–H and O–H groups in total. The van der Waals surface area contributed by atoms with Crippen molar-refractivity contribution in [1.82, 2.24) is 4.98 Å². The molecule has 2 aromatic rings. The molecular formula is C13H13BrN2. The molecule has 0 aliphatic heterocycles. The molecule has 1 heterocycles. The number of anilines is 2. The highest BCUT2D eigenvalue weighted by atomic mass is 79.9. The fourth-order valence-corrected chi connectivity index (χ4v) is 1.97. The van der Waals surface area contributed by atoms with Crippen LogP contribution in [0.1, 0.15) is 11.1 Å². The first kappa shape index (κ1) is 11.1. The molecule has 3 heteroatoms. The number of aryl methyl sites for hydroxylation is 2. The van der Waals surface area contributed by atoms with Gasteiger partial charge in [0.05, 0.1) is 10.2 Å². The number of rotatable bonds is 2. The second kappa shape index (κ2) is 4.66. The normalized spacial score (nSPS) is 10.2. The summed E-state index contributed by atoms with van der Waals surface area (Å²) >= 11 is 3.48. The zero-order valence-corrected chi connectivity index (χ0v) is 10.9. The van der Waals surface area contributed by atoms with Gasteiger partial charge >= 0.3 is 0 Å². The van der Waals surface area contributed by atoms with Crippen LogP contribution in [0.2, 0.25) is 0 Å². The fourth-order valence-electron chi connectivity index (χ4n) is 1.62. The van der Waals surface area contributed by atoms with E-state index in [1.807, 2.05) is 6.07 Å². The van der Waals surface area contributed by atoms with Crippen molar-refractivity contribution >= 4 is 27.3 Å².